The highest BCUT2D eigenvalue weighted by atomic mass is 16.5. The van der Waals surface area contributed by atoms with E-state index in [9.17, 15) is 9.59 Å². The van der Waals surface area contributed by atoms with Crippen LogP contribution in [0.15, 0.2) is 60.8 Å². The van der Waals surface area contributed by atoms with Gasteiger partial charge in [-0.2, -0.15) is 5.10 Å². The third-order valence-electron chi connectivity index (χ3n) is 4.82. The van der Waals surface area contributed by atoms with E-state index in [4.69, 9.17) is 4.74 Å². The molecule has 0 radical (unpaired) electrons. The number of carbonyl (C=O) groups excluding carboxylic acids is 2. The summed E-state index contributed by atoms with van der Waals surface area (Å²) in [7, 11) is 1.60. The molecule has 2 aromatic heterocycles. The van der Waals surface area contributed by atoms with Crippen molar-refractivity contribution in [1.29, 1.82) is 0 Å². The van der Waals surface area contributed by atoms with Crippen molar-refractivity contribution in [3.05, 3.63) is 72.1 Å². The van der Waals surface area contributed by atoms with Gasteiger partial charge in [0, 0.05) is 29.1 Å². The molecule has 0 spiro atoms. The van der Waals surface area contributed by atoms with Gasteiger partial charge in [-0.3, -0.25) is 25.5 Å². The van der Waals surface area contributed by atoms with Gasteiger partial charge in [-0.25, -0.2) is 0 Å². The van der Waals surface area contributed by atoms with Gasteiger partial charge in [0.25, 0.3) is 5.91 Å². The fourth-order valence-corrected chi connectivity index (χ4v) is 3.19. The van der Waals surface area contributed by atoms with Gasteiger partial charge in [0.15, 0.2) is 0 Å². The minimum absolute atomic E-state index is 0.248. The van der Waals surface area contributed by atoms with Crippen LogP contribution in [0.25, 0.3) is 22.2 Å². The van der Waals surface area contributed by atoms with Crippen LogP contribution in [0.5, 0.6) is 5.75 Å². The molecule has 0 saturated heterocycles. The number of para-hydroxylation sites is 1. The Morgan fingerprint density at radius 1 is 1.07 bits per heavy atom. The number of rotatable bonds is 6. The highest BCUT2D eigenvalue weighted by molar-refractivity contribution is 5.94. The smallest absolute Gasteiger partial charge is 0.287 e. The molecule has 2 amide bonds. The van der Waals surface area contributed by atoms with E-state index >= 15 is 0 Å². The second-order valence-electron chi connectivity index (χ2n) is 6.76. The largest absolute Gasteiger partial charge is 0.497 e. The number of hydrogen-bond donors (Lipinski definition) is 4. The van der Waals surface area contributed by atoms with E-state index in [2.05, 4.69) is 26.0 Å². The third kappa shape index (κ3) is 4.17. The summed E-state index contributed by atoms with van der Waals surface area (Å²) in [5.74, 6) is -0.00571. The molecule has 8 nitrogen and oxygen atoms in total. The summed E-state index contributed by atoms with van der Waals surface area (Å²) >= 11 is 0. The van der Waals surface area contributed by atoms with Crippen LogP contribution >= 0.6 is 0 Å². The number of hydrazine groups is 1. The van der Waals surface area contributed by atoms with Crippen molar-refractivity contribution in [2.75, 3.05) is 7.11 Å². The number of carbonyl (C=O) groups is 2. The lowest BCUT2D eigenvalue weighted by Crippen LogP contribution is -2.41. The summed E-state index contributed by atoms with van der Waals surface area (Å²) in [5, 5.41) is 7.92. The normalized spacial score (nSPS) is 10.7. The Hall–Kier alpha value is -4.07. The maximum Gasteiger partial charge on any atom is 0.287 e. The van der Waals surface area contributed by atoms with E-state index in [0.717, 1.165) is 27.8 Å². The van der Waals surface area contributed by atoms with Crippen molar-refractivity contribution in [2.24, 2.45) is 0 Å². The zero-order chi connectivity index (χ0) is 20.9. The number of fused-ring (bicyclic) bond motifs is 1. The number of aromatic nitrogens is 3. The summed E-state index contributed by atoms with van der Waals surface area (Å²) in [6, 6.07) is 16.9. The lowest BCUT2D eigenvalue weighted by atomic mass is 10.1. The second kappa shape index (κ2) is 8.52. The molecule has 0 bridgehead atoms. The zero-order valence-electron chi connectivity index (χ0n) is 16.4. The Morgan fingerprint density at radius 3 is 2.67 bits per heavy atom. The molecule has 4 N–H and O–H groups in total. The van der Waals surface area contributed by atoms with E-state index < -0.39 is 5.91 Å². The number of benzene rings is 2. The van der Waals surface area contributed by atoms with Crippen molar-refractivity contribution in [3.8, 4) is 17.0 Å². The average molecular weight is 403 g/mol. The highest BCUT2D eigenvalue weighted by Crippen LogP contribution is 2.21. The summed E-state index contributed by atoms with van der Waals surface area (Å²) in [6.07, 6.45) is 2.72. The van der Waals surface area contributed by atoms with Gasteiger partial charge >= 0.3 is 0 Å². The molecule has 8 heteroatoms. The molecule has 0 aliphatic heterocycles. The Bertz CT molecular complexity index is 1180. The number of nitrogens with one attached hydrogen (secondary N) is 4. The molecule has 2 aromatic carbocycles. The molecule has 152 valence electrons. The number of nitrogens with zero attached hydrogens (tertiary/aromatic N) is 1. The van der Waals surface area contributed by atoms with Crippen LogP contribution in [0, 0.1) is 0 Å². The number of H-pyrrole nitrogens is 2. The first-order valence-corrected chi connectivity index (χ1v) is 9.48. The maximum atomic E-state index is 12.3. The van der Waals surface area contributed by atoms with Crippen molar-refractivity contribution < 1.29 is 14.3 Å². The minimum Gasteiger partial charge on any atom is -0.497 e. The predicted octanol–water partition coefficient (Wildman–Crippen LogP) is 2.96. The summed E-state index contributed by atoms with van der Waals surface area (Å²) in [6.45, 7) is 0. The van der Waals surface area contributed by atoms with Gasteiger partial charge in [-0.15, -0.1) is 0 Å². The van der Waals surface area contributed by atoms with Gasteiger partial charge in [0.05, 0.1) is 12.8 Å². The zero-order valence-corrected chi connectivity index (χ0v) is 16.4. The predicted molar refractivity (Wildman–Crippen MR) is 113 cm³/mol. The minimum atomic E-state index is -0.470. The van der Waals surface area contributed by atoms with Crippen molar-refractivity contribution in [2.45, 2.75) is 12.8 Å². The fraction of sp³-hybridized carbons (Fsp3) is 0.136. The molecule has 2 heterocycles. The molecular formula is C22H21N5O3. The molecule has 0 unspecified atom stereocenters. The number of aryl methyl sites for hydroxylation is 1. The van der Waals surface area contributed by atoms with E-state index in [1.807, 2.05) is 54.7 Å². The first-order valence-electron chi connectivity index (χ1n) is 9.48. The quantitative estimate of drug-likeness (QED) is 0.371. The van der Waals surface area contributed by atoms with Crippen molar-refractivity contribution in [1.82, 2.24) is 26.0 Å². The standard InChI is InChI=1S/C22H21N5O3/c1-30-16-9-6-14(7-10-16)19-12-20(25-24-19)22(29)27-26-21(28)11-8-15-13-23-18-5-3-2-4-17(15)18/h2-7,9-10,12-13,23H,8,11H2,1H3,(H,24,25)(H,26,28)(H,27,29). The summed E-state index contributed by atoms with van der Waals surface area (Å²) in [4.78, 5) is 27.6. The number of methoxy groups -OCH3 is 1. The van der Waals surface area contributed by atoms with Crippen LogP contribution in [-0.4, -0.2) is 34.1 Å². The monoisotopic (exact) mass is 403 g/mol. The van der Waals surface area contributed by atoms with Gasteiger partial charge in [0.2, 0.25) is 5.91 Å². The van der Waals surface area contributed by atoms with Crippen LogP contribution in [0.1, 0.15) is 22.5 Å². The van der Waals surface area contributed by atoms with Gasteiger partial charge < -0.3 is 9.72 Å². The van der Waals surface area contributed by atoms with Gasteiger partial charge in [-0.1, -0.05) is 18.2 Å². The highest BCUT2D eigenvalue weighted by Gasteiger charge is 2.13. The van der Waals surface area contributed by atoms with Crippen LogP contribution in [0.4, 0.5) is 0 Å². The first-order chi connectivity index (χ1) is 14.6. The van der Waals surface area contributed by atoms with Crippen LogP contribution in [0.2, 0.25) is 0 Å². The van der Waals surface area contributed by atoms with Crippen LogP contribution in [0.3, 0.4) is 0 Å². The van der Waals surface area contributed by atoms with Crippen LogP contribution < -0.4 is 15.6 Å². The first kappa shape index (κ1) is 19.3. The Kier molecular flexibility index (Phi) is 5.47. The number of aromatic amines is 2. The molecule has 30 heavy (non-hydrogen) atoms. The van der Waals surface area contributed by atoms with Gasteiger partial charge in [0.1, 0.15) is 11.4 Å². The SMILES string of the molecule is COc1ccc(-c2cc(C(=O)NNC(=O)CCc3c[nH]c4ccccc34)[nH]n2)cc1. The number of ether oxygens (including phenoxy) is 1. The Morgan fingerprint density at radius 2 is 1.87 bits per heavy atom. The second-order valence-corrected chi connectivity index (χ2v) is 6.76. The summed E-state index contributed by atoms with van der Waals surface area (Å²) in [5.41, 5.74) is 8.66. The Labute approximate surface area is 172 Å². The van der Waals surface area contributed by atoms with Crippen molar-refractivity contribution >= 4 is 22.7 Å². The maximum absolute atomic E-state index is 12.3. The molecule has 0 aliphatic rings. The molecule has 0 aliphatic carbocycles. The third-order valence-corrected chi connectivity index (χ3v) is 4.82. The Balaban J connectivity index is 1.30. The van der Waals surface area contributed by atoms with Crippen LogP contribution in [-0.2, 0) is 11.2 Å². The molecule has 0 fully saturated rings. The molecule has 4 rings (SSSR count). The van der Waals surface area contributed by atoms with E-state index in [1.165, 1.54) is 0 Å². The van der Waals surface area contributed by atoms with Crippen molar-refractivity contribution in [3.63, 3.8) is 0 Å². The van der Waals surface area contributed by atoms with Gasteiger partial charge in [-0.05, 0) is 48.4 Å². The molecule has 4 aromatic rings. The molecule has 0 saturated carbocycles. The lowest BCUT2D eigenvalue weighted by Gasteiger charge is -2.06. The topological polar surface area (TPSA) is 112 Å². The summed E-state index contributed by atoms with van der Waals surface area (Å²) < 4.78 is 5.13. The number of amides is 2. The van der Waals surface area contributed by atoms with E-state index in [0.29, 0.717) is 12.1 Å². The molecule has 0 atom stereocenters. The van der Waals surface area contributed by atoms with E-state index in [-0.39, 0.29) is 18.0 Å². The fourth-order valence-electron chi connectivity index (χ4n) is 3.19. The van der Waals surface area contributed by atoms with E-state index in [1.54, 1.807) is 13.2 Å². The molecular weight excluding hydrogens is 382 g/mol. The average Bonchev–Trinajstić information content (AvgIpc) is 3.44. The number of hydrogen-bond acceptors (Lipinski definition) is 4. The lowest BCUT2D eigenvalue weighted by molar-refractivity contribution is -0.121.